The van der Waals surface area contributed by atoms with Crippen molar-refractivity contribution < 1.29 is 14.6 Å². The van der Waals surface area contributed by atoms with Crippen molar-refractivity contribution in [2.24, 2.45) is 5.73 Å². The molecule has 1 aromatic carbocycles. The van der Waals surface area contributed by atoms with Crippen molar-refractivity contribution in [3.05, 3.63) is 35.9 Å². The lowest BCUT2D eigenvalue weighted by atomic mass is 9.98. The first-order valence-corrected chi connectivity index (χ1v) is 5.99. The van der Waals surface area contributed by atoms with Gasteiger partial charge in [0.1, 0.15) is 5.54 Å². The smallest absolute Gasteiger partial charge is 0.243 e. The first-order valence-electron chi connectivity index (χ1n) is 5.99. The largest absolute Gasteiger partial charge is 0.394 e. The van der Waals surface area contributed by atoms with Crippen LogP contribution in [0.5, 0.6) is 0 Å². The van der Waals surface area contributed by atoms with Crippen LogP contribution in [0.25, 0.3) is 0 Å². The van der Waals surface area contributed by atoms with Crippen LogP contribution in [0.4, 0.5) is 0 Å². The van der Waals surface area contributed by atoms with E-state index >= 15 is 0 Å². The second-order valence-electron chi connectivity index (χ2n) is 4.58. The molecule has 0 spiro atoms. The molecule has 18 heavy (non-hydrogen) atoms. The van der Waals surface area contributed by atoms with Gasteiger partial charge in [-0.3, -0.25) is 4.79 Å². The Hall–Kier alpha value is -1.43. The molecular formula is C13H18N2O3. The van der Waals surface area contributed by atoms with E-state index in [2.05, 4.69) is 5.32 Å². The Morgan fingerprint density at radius 1 is 1.50 bits per heavy atom. The molecular weight excluding hydrogens is 232 g/mol. The van der Waals surface area contributed by atoms with Crippen molar-refractivity contribution in [1.82, 2.24) is 5.32 Å². The van der Waals surface area contributed by atoms with Crippen LogP contribution in [0.3, 0.4) is 0 Å². The highest BCUT2D eigenvalue weighted by Crippen LogP contribution is 2.18. The van der Waals surface area contributed by atoms with Gasteiger partial charge in [0.25, 0.3) is 0 Å². The van der Waals surface area contributed by atoms with E-state index in [0.717, 1.165) is 5.56 Å². The molecule has 5 heteroatoms. The molecule has 0 aromatic heterocycles. The molecule has 1 unspecified atom stereocenters. The summed E-state index contributed by atoms with van der Waals surface area (Å²) in [5.41, 5.74) is 5.85. The first-order chi connectivity index (χ1) is 8.65. The van der Waals surface area contributed by atoms with E-state index in [-0.39, 0.29) is 19.1 Å². The van der Waals surface area contributed by atoms with Crippen molar-refractivity contribution in [1.29, 1.82) is 0 Å². The summed E-state index contributed by atoms with van der Waals surface area (Å²) in [6.45, 7) is 0.567. The Morgan fingerprint density at radius 2 is 2.22 bits per heavy atom. The minimum atomic E-state index is -0.970. The summed E-state index contributed by atoms with van der Waals surface area (Å²) in [6.07, 6.45) is 0.506. The van der Waals surface area contributed by atoms with Crippen LogP contribution in [0, 0.1) is 0 Å². The zero-order valence-corrected chi connectivity index (χ0v) is 10.1. The zero-order valence-electron chi connectivity index (χ0n) is 10.1. The molecule has 0 bridgehead atoms. The van der Waals surface area contributed by atoms with Crippen LogP contribution < -0.4 is 11.1 Å². The van der Waals surface area contributed by atoms with Gasteiger partial charge < -0.3 is 20.9 Å². The Kier molecular flexibility index (Phi) is 3.96. The first kappa shape index (κ1) is 13.0. The fourth-order valence-corrected chi connectivity index (χ4v) is 1.98. The molecule has 1 aliphatic rings. The highest BCUT2D eigenvalue weighted by Gasteiger charge is 2.39. The van der Waals surface area contributed by atoms with Crippen LogP contribution in [0.15, 0.2) is 30.3 Å². The lowest BCUT2D eigenvalue weighted by molar-refractivity contribution is -0.127. The van der Waals surface area contributed by atoms with E-state index in [4.69, 9.17) is 10.5 Å². The fraction of sp³-hybridized carbons (Fsp3) is 0.462. The van der Waals surface area contributed by atoms with Crippen molar-refractivity contribution in [2.45, 2.75) is 18.0 Å². The number of carbonyl (C=O) groups excluding carboxylic acids is 1. The Balaban J connectivity index is 2.05. The normalized spacial score (nSPS) is 24.8. The SMILES string of the molecule is NC1(C(=O)N[C@@H](CO)c2ccccc2)CCOC1. The molecule has 1 fully saturated rings. The van der Waals surface area contributed by atoms with Gasteiger partial charge in [0.05, 0.1) is 19.3 Å². The third kappa shape index (κ3) is 2.69. The summed E-state index contributed by atoms with van der Waals surface area (Å²) in [4.78, 5) is 12.1. The van der Waals surface area contributed by atoms with Crippen LogP contribution in [0.2, 0.25) is 0 Å². The predicted molar refractivity (Wildman–Crippen MR) is 66.8 cm³/mol. The van der Waals surface area contributed by atoms with Gasteiger partial charge in [0, 0.05) is 6.61 Å². The molecule has 2 rings (SSSR count). The number of aliphatic hydroxyl groups excluding tert-OH is 1. The average Bonchev–Trinajstić information content (AvgIpc) is 2.85. The van der Waals surface area contributed by atoms with Gasteiger partial charge >= 0.3 is 0 Å². The lowest BCUT2D eigenvalue weighted by Gasteiger charge is -2.25. The van der Waals surface area contributed by atoms with Crippen LogP contribution in [-0.2, 0) is 9.53 Å². The minimum absolute atomic E-state index is 0.160. The number of aliphatic hydroxyl groups is 1. The molecule has 1 saturated heterocycles. The highest BCUT2D eigenvalue weighted by molar-refractivity contribution is 5.86. The van der Waals surface area contributed by atoms with Gasteiger partial charge in [-0.1, -0.05) is 30.3 Å². The van der Waals surface area contributed by atoms with Crippen molar-refractivity contribution >= 4 is 5.91 Å². The molecule has 5 nitrogen and oxygen atoms in total. The molecule has 2 atom stereocenters. The molecule has 1 amide bonds. The van der Waals surface area contributed by atoms with Crippen molar-refractivity contribution in [3.8, 4) is 0 Å². The zero-order chi connectivity index (χ0) is 13.0. The maximum atomic E-state index is 12.1. The maximum Gasteiger partial charge on any atom is 0.243 e. The number of rotatable bonds is 4. The number of hydrogen-bond acceptors (Lipinski definition) is 4. The number of nitrogens with two attached hydrogens (primary N) is 1. The van der Waals surface area contributed by atoms with Gasteiger partial charge in [0.2, 0.25) is 5.91 Å². The van der Waals surface area contributed by atoms with E-state index in [1.165, 1.54) is 0 Å². The summed E-state index contributed by atoms with van der Waals surface area (Å²) in [6, 6.07) is 8.89. The van der Waals surface area contributed by atoms with E-state index in [9.17, 15) is 9.90 Å². The molecule has 1 heterocycles. The number of hydrogen-bond donors (Lipinski definition) is 3. The summed E-state index contributed by atoms with van der Waals surface area (Å²) in [5, 5.41) is 12.1. The number of carbonyl (C=O) groups is 1. The van der Waals surface area contributed by atoms with Gasteiger partial charge in [0.15, 0.2) is 0 Å². The van der Waals surface area contributed by atoms with E-state index in [1.54, 1.807) is 0 Å². The van der Waals surface area contributed by atoms with E-state index < -0.39 is 11.6 Å². The van der Waals surface area contributed by atoms with Crippen LogP contribution >= 0.6 is 0 Å². The van der Waals surface area contributed by atoms with Crippen LogP contribution in [-0.4, -0.2) is 36.4 Å². The number of nitrogens with one attached hydrogen (secondary N) is 1. The van der Waals surface area contributed by atoms with Crippen molar-refractivity contribution in [2.75, 3.05) is 19.8 Å². The molecule has 98 valence electrons. The van der Waals surface area contributed by atoms with Gasteiger partial charge in [-0.15, -0.1) is 0 Å². The molecule has 0 saturated carbocycles. The van der Waals surface area contributed by atoms with Crippen molar-refractivity contribution in [3.63, 3.8) is 0 Å². The average molecular weight is 250 g/mol. The second kappa shape index (κ2) is 5.48. The second-order valence-corrected chi connectivity index (χ2v) is 4.58. The maximum absolute atomic E-state index is 12.1. The minimum Gasteiger partial charge on any atom is -0.394 e. The third-order valence-corrected chi connectivity index (χ3v) is 3.19. The molecule has 0 radical (unpaired) electrons. The highest BCUT2D eigenvalue weighted by atomic mass is 16.5. The van der Waals surface area contributed by atoms with E-state index in [1.807, 2.05) is 30.3 Å². The van der Waals surface area contributed by atoms with Gasteiger partial charge in [-0.05, 0) is 12.0 Å². The summed E-state index contributed by atoms with van der Waals surface area (Å²) >= 11 is 0. The quantitative estimate of drug-likeness (QED) is 0.699. The Bertz CT molecular complexity index is 402. The third-order valence-electron chi connectivity index (χ3n) is 3.19. The Labute approximate surface area is 106 Å². The predicted octanol–water partition coefficient (Wildman–Crippen LogP) is -0.0460. The summed E-state index contributed by atoms with van der Waals surface area (Å²) in [5.74, 6) is -0.275. The number of benzene rings is 1. The standard InChI is InChI=1S/C13H18N2O3/c14-13(6-7-18-9-13)12(17)15-11(8-16)10-4-2-1-3-5-10/h1-5,11,16H,6-9,14H2,(H,15,17)/t11-,13?/m0/s1. The monoisotopic (exact) mass is 250 g/mol. The fourth-order valence-electron chi connectivity index (χ4n) is 1.98. The lowest BCUT2D eigenvalue weighted by Crippen LogP contribution is -2.55. The molecule has 1 aromatic rings. The van der Waals surface area contributed by atoms with Gasteiger partial charge in [-0.25, -0.2) is 0 Å². The molecule has 0 aliphatic carbocycles. The summed E-state index contributed by atoms with van der Waals surface area (Å²) < 4.78 is 5.15. The van der Waals surface area contributed by atoms with Gasteiger partial charge in [-0.2, -0.15) is 0 Å². The molecule has 4 N–H and O–H groups in total. The topological polar surface area (TPSA) is 84.6 Å². The summed E-state index contributed by atoms with van der Waals surface area (Å²) in [7, 11) is 0. The Morgan fingerprint density at radius 3 is 2.78 bits per heavy atom. The number of ether oxygens (including phenoxy) is 1. The van der Waals surface area contributed by atoms with Crippen LogP contribution in [0.1, 0.15) is 18.0 Å². The van der Waals surface area contributed by atoms with E-state index in [0.29, 0.717) is 13.0 Å². The number of amides is 1. The molecule has 1 aliphatic heterocycles.